The minimum Gasteiger partial charge on any atom is -0.397 e. The number of para-hydroxylation sites is 2. The Morgan fingerprint density at radius 2 is 1.97 bits per heavy atom. The van der Waals surface area contributed by atoms with Gasteiger partial charge in [-0.25, -0.2) is 9.97 Å². The fourth-order valence-electron chi connectivity index (χ4n) is 3.31. The maximum atomic E-state index is 12.6. The summed E-state index contributed by atoms with van der Waals surface area (Å²) in [6.07, 6.45) is 1.84. The zero-order valence-corrected chi connectivity index (χ0v) is 19.2. The van der Waals surface area contributed by atoms with E-state index in [0.29, 0.717) is 21.3 Å². The Morgan fingerprint density at radius 3 is 2.81 bits per heavy atom. The van der Waals surface area contributed by atoms with Crippen molar-refractivity contribution in [2.24, 2.45) is 0 Å². The van der Waals surface area contributed by atoms with Gasteiger partial charge in [-0.1, -0.05) is 23.7 Å². The third-order valence-corrected chi connectivity index (χ3v) is 6.75. The van der Waals surface area contributed by atoms with Crippen LogP contribution >= 0.6 is 34.3 Å². The molecule has 1 aromatic carbocycles. The maximum absolute atomic E-state index is 12.6. The van der Waals surface area contributed by atoms with Crippen LogP contribution in [0.25, 0.3) is 17.0 Å². The van der Waals surface area contributed by atoms with E-state index in [1.54, 1.807) is 18.2 Å². The molecule has 7 nitrogen and oxygen atoms in total. The number of benzene rings is 1. The van der Waals surface area contributed by atoms with E-state index in [1.807, 2.05) is 53.2 Å². The number of carbonyl (C=O) groups is 1. The summed E-state index contributed by atoms with van der Waals surface area (Å²) in [6, 6.07) is 14.5. The van der Waals surface area contributed by atoms with Crippen LogP contribution in [0.5, 0.6) is 0 Å². The molecule has 4 heterocycles. The minimum absolute atomic E-state index is 0.209. The number of carbonyl (C=O) groups excluding carboxylic acids is 1. The average molecular weight is 481 g/mol. The maximum Gasteiger partial charge on any atom is 0.265 e. The van der Waals surface area contributed by atoms with Crippen LogP contribution in [0.3, 0.4) is 0 Å². The van der Waals surface area contributed by atoms with Gasteiger partial charge in [0.15, 0.2) is 5.13 Å². The lowest BCUT2D eigenvalue weighted by Crippen LogP contribution is -2.11. The number of hydrogen-bond acceptors (Lipinski definition) is 7. The molecule has 160 valence electrons. The number of halogens is 1. The van der Waals surface area contributed by atoms with E-state index in [4.69, 9.17) is 22.3 Å². The molecule has 5 aromatic rings. The third-order valence-electron chi connectivity index (χ3n) is 4.77. The van der Waals surface area contributed by atoms with E-state index >= 15 is 0 Å². The van der Waals surface area contributed by atoms with Crippen LogP contribution in [-0.4, -0.2) is 20.3 Å². The van der Waals surface area contributed by atoms with Gasteiger partial charge < -0.3 is 16.4 Å². The normalized spacial score (nSPS) is 11.1. The fourth-order valence-corrected chi connectivity index (χ4v) is 5.05. The predicted molar refractivity (Wildman–Crippen MR) is 132 cm³/mol. The van der Waals surface area contributed by atoms with E-state index in [2.05, 4.69) is 15.6 Å². The van der Waals surface area contributed by atoms with Crippen LogP contribution in [0.2, 0.25) is 5.02 Å². The van der Waals surface area contributed by atoms with Gasteiger partial charge in [0.1, 0.15) is 11.3 Å². The van der Waals surface area contributed by atoms with Crippen molar-refractivity contribution < 1.29 is 4.79 Å². The van der Waals surface area contributed by atoms with Crippen LogP contribution in [0, 0.1) is 6.92 Å². The lowest BCUT2D eigenvalue weighted by atomic mass is 10.2. The Bertz CT molecular complexity index is 1450. The standard InChI is InChI=1S/C22H17ClN6OS2/c1-12-20(29-10-13(23)6-8-18(29)25-12)16-11-31-22(27-16)28-19-9-7-17(32-19)21(30)26-15-5-3-2-4-14(15)24/h2-11H,24H2,1H3,(H,26,30)(H,27,28). The first kappa shape index (κ1) is 20.5. The number of aryl methyl sites for hydroxylation is 1. The SMILES string of the molecule is Cc1nc2ccc(Cl)cn2c1-c1csc(Nc2ccc(C(=O)Nc3ccccc3N)s2)n1. The second-order valence-corrected chi connectivity index (χ2v) is 9.37. The number of pyridine rings is 1. The molecule has 0 aliphatic rings. The number of anilines is 4. The molecular weight excluding hydrogens is 464 g/mol. The highest BCUT2D eigenvalue weighted by molar-refractivity contribution is 7.19. The molecule has 5 rings (SSSR count). The quantitative estimate of drug-likeness (QED) is 0.266. The van der Waals surface area contributed by atoms with Gasteiger partial charge in [-0.3, -0.25) is 9.20 Å². The van der Waals surface area contributed by atoms with Crippen LogP contribution in [0.1, 0.15) is 15.4 Å². The summed E-state index contributed by atoms with van der Waals surface area (Å²) in [4.78, 5) is 22.4. The predicted octanol–water partition coefficient (Wildman–Crippen LogP) is 6.06. The van der Waals surface area contributed by atoms with Crippen molar-refractivity contribution in [3.63, 3.8) is 0 Å². The Balaban J connectivity index is 1.34. The Hall–Kier alpha value is -3.40. The van der Waals surface area contributed by atoms with E-state index < -0.39 is 0 Å². The van der Waals surface area contributed by atoms with Crippen LogP contribution in [-0.2, 0) is 0 Å². The fraction of sp³-hybridized carbons (Fsp3) is 0.0455. The van der Waals surface area contributed by atoms with Gasteiger partial charge in [0, 0.05) is 11.6 Å². The van der Waals surface area contributed by atoms with Crippen LogP contribution in [0.4, 0.5) is 21.5 Å². The summed E-state index contributed by atoms with van der Waals surface area (Å²) in [5, 5.41) is 10.3. The Labute approximate surface area is 196 Å². The minimum atomic E-state index is -0.209. The molecule has 0 aliphatic heterocycles. The van der Waals surface area contributed by atoms with Crippen molar-refractivity contribution >= 4 is 67.3 Å². The number of nitrogen functional groups attached to an aromatic ring is 1. The Morgan fingerprint density at radius 1 is 1.12 bits per heavy atom. The van der Waals surface area contributed by atoms with Gasteiger partial charge in [-0.15, -0.1) is 22.7 Å². The molecule has 4 aromatic heterocycles. The molecular formula is C22H17ClN6OS2. The van der Waals surface area contributed by atoms with E-state index in [0.717, 1.165) is 32.9 Å². The number of thiazole rings is 1. The molecule has 0 spiro atoms. The number of nitrogens with zero attached hydrogens (tertiary/aromatic N) is 3. The van der Waals surface area contributed by atoms with Crippen molar-refractivity contribution in [3.05, 3.63) is 75.7 Å². The number of nitrogens with one attached hydrogen (secondary N) is 2. The molecule has 0 bridgehead atoms. The van der Waals surface area contributed by atoms with E-state index in [-0.39, 0.29) is 5.91 Å². The molecule has 32 heavy (non-hydrogen) atoms. The summed E-state index contributed by atoms with van der Waals surface area (Å²) < 4.78 is 1.94. The lowest BCUT2D eigenvalue weighted by Gasteiger charge is -2.06. The lowest BCUT2D eigenvalue weighted by molar-refractivity contribution is 0.103. The first-order valence-corrected chi connectivity index (χ1v) is 11.7. The molecule has 10 heteroatoms. The highest BCUT2D eigenvalue weighted by atomic mass is 35.5. The summed E-state index contributed by atoms with van der Waals surface area (Å²) in [7, 11) is 0. The largest absolute Gasteiger partial charge is 0.397 e. The highest BCUT2D eigenvalue weighted by Crippen LogP contribution is 2.32. The van der Waals surface area contributed by atoms with Gasteiger partial charge in [-0.05, 0) is 43.3 Å². The summed E-state index contributed by atoms with van der Waals surface area (Å²) >= 11 is 8.99. The van der Waals surface area contributed by atoms with Crippen LogP contribution < -0.4 is 16.4 Å². The van der Waals surface area contributed by atoms with Crippen molar-refractivity contribution in [1.82, 2.24) is 14.4 Å². The summed E-state index contributed by atoms with van der Waals surface area (Å²) in [5.41, 5.74) is 10.4. The third kappa shape index (κ3) is 3.93. The number of thiophene rings is 1. The zero-order chi connectivity index (χ0) is 22.2. The molecule has 1 amide bonds. The number of amides is 1. The smallest absolute Gasteiger partial charge is 0.265 e. The Kier molecular flexibility index (Phi) is 5.30. The second kappa shape index (κ2) is 8.27. The topological polar surface area (TPSA) is 97.3 Å². The van der Waals surface area contributed by atoms with Gasteiger partial charge in [0.05, 0.1) is 37.7 Å². The van der Waals surface area contributed by atoms with Gasteiger partial charge in [0.2, 0.25) is 0 Å². The van der Waals surface area contributed by atoms with Crippen LogP contribution in [0.15, 0.2) is 60.1 Å². The highest BCUT2D eigenvalue weighted by Gasteiger charge is 2.16. The van der Waals surface area contributed by atoms with Crippen molar-refractivity contribution in [3.8, 4) is 11.4 Å². The number of imidazole rings is 1. The molecule has 0 atom stereocenters. The molecule has 0 saturated heterocycles. The number of hydrogen-bond donors (Lipinski definition) is 3. The first-order chi connectivity index (χ1) is 15.5. The van der Waals surface area contributed by atoms with Crippen molar-refractivity contribution in [2.75, 3.05) is 16.4 Å². The number of rotatable bonds is 5. The zero-order valence-electron chi connectivity index (χ0n) is 16.8. The molecule has 4 N–H and O–H groups in total. The molecule has 0 aliphatic carbocycles. The summed E-state index contributed by atoms with van der Waals surface area (Å²) in [6.45, 7) is 1.95. The van der Waals surface area contributed by atoms with Crippen molar-refractivity contribution in [2.45, 2.75) is 6.92 Å². The first-order valence-electron chi connectivity index (χ1n) is 9.61. The van der Waals surface area contributed by atoms with E-state index in [9.17, 15) is 4.79 Å². The molecule has 0 fully saturated rings. The van der Waals surface area contributed by atoms with Gasteiger partial charge in [0.25, 0.3) is 5.91 Å². The molecule has 0 saturated carbocycles. The number of fused-ring (bicyclic) bond motifs is 1. The van der Waals surface area contributed by atoms with E-state index in [1.165, 1.54) is 22.7 Å². The van der Waals surface area contributed by atoms with Gasteiger partial charge >= 0.3 is 0 Å². The van der Waals surface area contributed by atoms with Gasteiger partial charge in [-0.2, -0.15) is 0 Å². The molecule has 0 radical (unpaired) electrons. The second-order valence-electron chi connectivity index (χ2n) is 6.99. The monoisotopic (exact) mass is 480 g/mol. The molecule has 0 unspecified atom stereocenters. The number of aromatic nitrogens is 3. The number of nitrogens with two attached hydrogens (primary N) is 1. The summed E-state index contributed by atoms with van der Waals surface area (Å²) in [5.74, 6) is -0.209. The average Bonchev–Trinajstić information content (AvgIpc) is 3.48. The van der Waals surface area contributed by atoms with Crippen molar-refractivity contribution in [1.29, 1.82) is 0 Å².